The maximum absolute atomic E-state index is 15.4. The first-order chi connectivity index (χ1) is 39.5. The Hall–Kier alpha value is -8.95. The first-order valence-corrected chi connectivity index (χ1v) is 26.9. The van der Waals surface area contributed by atoms with Crippen molar-refractivity contribution in [1.82, 2.24) is 41.1 Å². The molecule has 1 aromatic heterocycles. The number of nitrogens with zero attached hydrogens (tertiary/aromatic N) is 3. The van der Waals surface area contributed by atoms with E-state index < -0.39 is 188 Å². The number of imide groups is 1. The zero-order valence-electron chi connectivity index (χ0n) is 47.1. The Morgan fingerprint density at radius 1 is 0.750 bits per heavy atom. The third-order valence-corrected chi connectivity index (χ3v) is 13.3. The predicted molar refractivity (Wildman–Crippen MR) is 290 cm³/mol. The quantitative estimate of drug-likeness (QED) is 0.0390. The summed E-state index contributed by atoms with van der Waals surface area (Å²) in [5.74, 6) is -15.3. The first-order valence-electron chi connectivity index (χ1n) is 26.9. The molecule has 0 spiro atoms. The van der Waals surface area contributed by atoms with Crippen molar-refractivity contribution < 1.29 is 91.3 Å². The predicted octanol–water partition coefficient (Wildman–Crippen LogP) is 1.44. The van der Waals surface area contributed by atoms with E-state index in [4.69, 9.17) is 15.7 Å². The van der Waals surface area contributed by atoms with Crippen LogP contribution in [0.1, 0.15) is 123 Å². The number of carboxylic acid groups (broad SMARTS) is 2. The number of benzene rings is 2. The van der Waals surface area contributed by atoms with Crippen LogP contribution in [0.4, 0.5) is 8.78 Å². The lowest BCUT2D eigenvalue weighted by molar-refractivity contribution is -0.197. The summed E-state index contributed by atoms with van der Waals surface area (Å²) in [5.41, 5.74) is 5.79. The molecule has 10 N–H and O–H groups in total. The molecule has 1 saturated heterocycles. The number of aliphatic hydroxyl groups is 1. The number of hydrogen-bond acceptors (Lipinski definition) is 15. The maximum Gasteiger partial charge on any atom is 0.333 e. The van der Waals surface area contributed by atoms with Gasteiger partial charge in [-0.25, -0.2) is 18.4 Å². The number of aliphatic hydroxyl groups excluding tert-OH is 1. The fourth-order valence-corrected chi connectivity index (χ4v) is 9.01. The molecule has 0 aliphatic carbocycles. The Bertz CT molecular complexity index is 2930. The van der Waals surface area contributed by atoms with Crippen molar-refractivity contribution >= 4 is 76.9 Å². The summed E-state index contributed by atoms with van der Waals surface area (Å²) < 4.78 is 31.8. The summed E-state index contributed by atoms with van der Waals surface area (Å²) in [5, 5.41) is 41.2. The van der Waals surface area contributed by atoms with Crippen LogP contribution < -0.4 is 32.3 Å². The van der Waals surface area contributed by atoms with Gasteiger partial charge >= 0.3 is 17.9 Å². The normalized spacial score (nSPS) is 14.4. The number of Topliss-reactive ketones (excluding diaryl/α,β-unsaturated/α-hetero) is 1. The van der Waals surface area contributed by atoms with Gasteiger partial charge in [-0.2, -0.15) is 0 Å². The van der Waals surface area contributed by atoms with E-state index in [1.165, 1.54) is 18.7 Å². The number of carboxylic acids is 2. The van der Waals surface area contributed by atoms with Gasteiger partial charge in [0.25, 0.3) is 11.8 Å². The zero-order valence-corrected chi connectivity index (χ0v) is 47.1. The molecule has 28 heteroatoms. The van der Waals surface area contributed by atoms with Crippen LogP contribution in [0.15, 0.2) is 60.8 Å². The minimum Gasteiger partial charge on any atom is -0.481 e. The highest BCUT2D eigenvalue weighted by Crippen LogP contribution is 2.41. The lowest BCUT2D eigenvalue weighted by atomic mass is 9.82. The van der Waals surface area contributed by atoms with Gasteiger partial charge < -0.3 is 61.9 Å². The molecule has 456 valence electrons. The summed E-state index contributed by atoms with van der Waals surface area (Å²) in [6.45, 7) is 5.99. The van der Waals surface area contributed by atoms with E-state index in [2.05, 4.69) is 26.6 Å². The number of aliphatic carboxylic acids is 2. The van der Waals surface area contributed by atoms with Gasteiger partial charge in [-0.05, 0) is 61.4 Å². The van der Waals surface area contributed by atoms with Crippen LogP contribution in [0.2, 0.25) is 0 Å². The van der Waals surface area contributed by atoms with Crippen molar-refractivity contribution in [2.75, 3.05) is 19.7 Å². The fraction of sp³-hybridized carbons (Fsp3) is 0.482. The second-order valence-corrected chi connectivity index (χ2v) is 21.2. The monoisotopic (exact) mass is 1180 g/mol. The zero-order chi connectivity index (χ0) is 62.6. The Labute approximate surface area is 481 Å². The van der Waals surface area contributed by atoms with E-state index in [9.17, 15) is 76.9 Å². The standard InChI is InChI=1S/C56H71F2N9O17/c1-31(24-42(69)32(2)61-44(71)12-9-13-50(78)84-67-46(73)17-18-47(67)74)52(79)64-40(27-43(59)70)54(81)63-38(53(80)60-22-20-45(72)62-39(55(82)83)16-19-49(76)77)21-23-66(48(75)30-68)51(56(3,4)5)41-25-34(36-26-35(57)14-15-37(36)58)29-65(41)28-33-10-7-6-8-11-33/h6-8,10-11,14-15,25-26,29,31-32,38-40,51,68H,9,12-13,16-24,27-28,30H2,1-5H3,(H2,59,70)(H,60,80)(H,61,71)(H,62,72)(H,63,81)(H,64,79)(H,76,77)(H,82,83)/t31-,32+,38+,39-,40+,51+/m1/s1. The molecule has 4 rings (SSSR count). The van der Waals surface area contributed by atoms with Gasteiger partial charge in [-0.15, -0.1) is 5.06 Å². The van der Waals surface area contributed by atoms with Crippen molar-refractivity contribution in [3.05, 3.63) is 83.7 Å². The molecule has 0 saturated carbocycles. The van der Waals surface area contributed by atoms with Crippen LogP contribution in [0.25, 0.3) is 11.1 Å². The SMILES string of the molecule is C[C@H](CC(=O)[C@H](C)NC(=O)CCCC(=O)ON1C(=O)CCC1=O)C(=O)N[C@@H](CC(N)=O)C(=O)N[C@@H](CCN(C(=O)CO)[C@@H](c1cc(-c2cc(F)ccc2F)cn1Cc1ccccc1)C(C)(C)C)C(=O)NCCC(=O)N[C@H](CCC(=O)O)C(=O)O. The van der Waals surface area contributed by atoms with Gasteiger partial charge in [0.2, 0.25) is 41.4 Å². The molecule has 9 amide bonds. The number of aromatic nitrogens is 1. The molecular formula is C56H71F2N9O17. The summed E-state index contributed by atoms with van der Waals surface area (Å²) in [7, 11) is 0. The van der Waals surface area contributed by atoms with Crippen LogP contribution >= 0.6 is 0 Å². The van der Waals surface area contributed by atoms with Crippen molar-refractivity contribution in [3.8, 4) is 11.1 Å². The highest BCUT2D eigenvalue weighted by molar-refractivity contribution is 6.01. The summed E-state index contributed by atoms with van der Waals surface area (Å²) in [6.07, 6.45) is -2.87. The number of rotatable bonds is 33. The average Bonchev–Trinajstić information content (AvgIpc) is 2.02. The summed E-state index contributed by atoms with van der Waals surface area (Å²) in [4.78, 5) is 172. The van der Waals surface area contributed by atoms with E-state index in [0.29, 0.717) is 10.8 Å². The largest absolute Gasteiger partial charge is 0.481 e. The van der Waals surface area contributed by atoms with Crippen molar-refractivity contribution in [3.63, 3.8) is 0 Å². The third-order valence-electron chi connectivity index (χ3n) is 13.3. The van der Waals surface area contributed by atoms with E-state index in [1.54, 1.807) is 55.8 Å². The second-order valence-electron chi connectivity index (χ2n) is 21.2. The Morgan fingerprint density at radius 2 is 1.39 bits per heavy atom. The van der Waals surface area contributed by atoms with Gasteiger partial charge in [-0.3, -0.25) is 52.7 Å². The smallest absolute Gasteiger partial charge is 0.333 e. The van der Waals surface area contributed by atoms with E-state index in [-0.39, 0.29) is 49.8 Å². The number of halogens is 2. The Morgan fingerprint density at radius 3 is 2.00 bits per heavy atom. The molecule has 0 radical (unpaired) electrons. The third kappa shape index (κ3) is 20.8. The molecule has 2 heterocycles. The van der Waals surface area contributed by atoms with Crippen molar-refractivity contribution in [2.45, 2.75) is 142 Å². The number of amides is 9. The molecule has 6 atom stereocenters. The van der Waals surface area contributed by atoms with Crippen LogP contribution in [-0.2, 0) is 73.7 Å². The minimum atomic E-state index is -1.82. The second kappa shape index (κ2) is 31.5. The Kier molecular flexibility index (Phi) is 25.3. The minimum absolute atomic E-state index is 0.0835. The molecule has 84 heavy (non-hydrogen) atoms. The number of ketones is 1. The molecule has 26 nitrogen and oxygen atoms in total. The number of hydrogen-bond donors (Lipinski definition) is 9. The molecule has 0 bridgehead atoms. The van der Waals surface area contributed by atoms with Crippen LogP contribution in [0.5, 0.6) is 0 Å². The molecule has 1 aliphatic heterocycles. The molecular weight excluding hydrogens is 1110 g/mol. The lowest BCUT2D eigenvalue weighted by Gasteiger charge is -2.41. The highest BCUT2D eigenvalue weighted by Gasteiger charge is 2.39. The first kappa shape index (κ1) is 67.6. The van der Waals surface area contributed by atoms with Gasteiger partial charge in [-0.1, -0.05) is 58.0 Å². The average molecular weight is 1180 g/mol. The highest BCUT2D eigenvalue weighted by atomic mass is 19.1. The van der Waals surface area contributed by atoms with Crippen molar-refractivity contribution in [2.24, 2.45) is 17.1 Å². The van der Waals surface area contributed by atoms with Gasteiger partial charge in [0.15, 0.2) is 5.78 Å². The number of carbonyl (C=O) groups is 13. The number of hydroxylamine groups is 2. The maximum atomic E-state index is 15.4. The van der Waals surface area contributed by atoms with Gasteiger partial charge in [0, 0.05) is 93.5 Å². The Balaban J connectivity index is 1.59. The number of nitrogens with one attached hydrogen (secondary N) is 5. The number of nitrogens with two attached hydrogens (primary N) is 1. The van der Waals surface area contributed by atoms with E-state index in [0.717, 1.165) is 23.8 Å². The molecule has 1 aliphatic rings. The van der Waals surface area contributed by atoms with Gasteiger partial charge in [0.1, 0.15) is 36.4 Å². The van der Waals surface area contributed by atoms with Crippen molar-refractivity contribution in [1.29, 1.82) is 0 Å². The molecule has 1 fully saturated rings. The molecule has 3 aromatic rings. The molecule has 0 unspecified atom stereocenters. The number of primary amides is 1. The van der Waals surface area contributed by atoms with Crippen LogP contribution in [0, 0.1) is 23.0 Å². The summed E-state index contributed by atoms with van der Waals surface area (Å²) >= 11 is 0. The number of carbonyl (C=O) groups excluding carboxylic acids is 11. The topological polar surface area (TPSA) is 389 Å². The van der Waals surface area contributed by atoms with Crippen LogP contribution in [0.3, 0.4) is 0 Å². The molecule has 2 aromatic carbocycles. The van der Waals surface area contributed by atoms with E-state index >= 15 is 4.39 Å². The van der Waals surface area contributed by atoms with Crippen LogP contribution in [-0.4, -0.2) is 151 Å². The summed E-state index contributed by atoms with van der Waals surface area (Å²) in [6, 6.07) is 6.10. The van der Waals surface area contributed by atoms with E-state index in [1.807, 2.05) is 12.1 Å². The lowest BCUT2D eigenvalue weighted by Crippen LogP contribution is -2.56. The van der Waals surface area contributed by atoms with Gasteiger partial charge in [0.05, 0.1) is 18.5 Å². The fourth-order valence-electron chi connectivity index (χ4n) is 9.01.